The third-order valence-corrected chi connectivity index (χ3v) is 12.6. The van der Waals surface area contributed by atoms with Crippen molar-refractivity contribution >= 4 is 32.2 Å². The number of rotatable bonds is 22. The zero-order valence-electron chi connectivity index (χ0n) is 41.2. The van der Waals surface area contributed by atoms with E-state index < -0.39 is 55.7 Å². The Morgan fingerprint density at radius 3 is 1.54 bits per heavy atom. The van der Waals surface area contributed by atoms with E-state index in [0.717, 1.165) is 22.3 Å². The van der Waals surface area contributed by atoms with E-state index in [1.165, 1.54) is 6.07 Å². The van der Waals surface area contributed by atoms with Crippen LogP contribution in [0.4, 0.5) is 14.0 Å². The molecule has 6 rings (SSSR count). The number of carbonyl (C=O) groups excluding carboxylic acids is 4. The third-order valence-electron chi connectivity index (χ3n) is 10.9. The maximum atomic E-state index is 16.9. The minimum absolute atomic E-state index is 0.000527. The van der Waals surface area contributed by atoms with E-state index in [1.807, 2.05) is 109 Å². The van der Waals surface area contributed by atoms with Crippen LogP contribution in [0.3, 0.4) is 0 Å². The highest BCUT2D eigenvalue weighted by atomic mass is 28.3. The van der Waals surface area contributed by atoms with E-state index >= 15 is 4.39 Å². The molecule has 71 heavy (non-hydrogen) atoms. The van der Waals surface area contributed by atoms with Crippen LogP contribution in [0, 0.1) is 5.82 Å². The number of benzene rings is 6. The number of carbonyl (C=O) groups is 4. The lowest BCUT2D eigenvalue weighted by molar-refractivity contribution is -0.147. The molecule has 372 valence electrons. The Hall–Kier alpha value is -7.45. The summed E-state index contributed by atoms with van der Waals surface area (Å²) in [5, 5.41) is 5.39. The van der Waals surface area contributed by atoms with Crippen LogP contribution in [0.2, 0.25) is 25.7 Å². The molecule has 0 aliphatic carbocycles. The summed E-state index contributed by atoms with van der Waals surface area (Å²) in [6.45, 7) is 11.9. The quantitative estimate of drug-likeness (QED) is 0.0383. The fourth-order valence-electron chi connectivity index (χ4n) is 7.23. The first-order chi connectivity index (χ1) is 34.0. The molecule has 2 N–H and O–H groups in total. The number of amides is 2. The third kappa shape index (κ3) is 17.8. The van der Waals surface area contributed by atoms with Crippen molar-refractivity contribution < 1.29 is 52.0 Å². The average molecular weight is 983 g/mol. The second kappa shape index (κ2) is 25.4. The number of alkyl carbamates (subject to hydrolysis) is 2. The molecule has 2 atom stereocenters. The number of hydrogen-bond acceptors (Lipinski definition) is 10. The number of hydrogen-bond donors (Lipinski definition) is 2. The number of esters is 2. The van der Waals surface area contributed by atoms with E-state index in [2.05, 4.69) is 30.3 Å². The maximum Gasteiger partial charge on any atom is 0.408 e. The molecule has 0 saturated carbocycles. The molecule has 0 spiro atoms. The van der Waals surface area contributed by atoms with Gasteiger partial charge in [0.25, 0.3) is 0 Å². The molecule has 0 heterocycles. The lowest BCUT2D eigenvalue weighted by atomic mass is 9.95. The van der Waals surface area contributed by atoms with Gasteiger partial charge in [0.1, 0.15) is 49.9 Å². The Morgan fingerprint density at radius 1 is 0.535 bits per heavy atom. The fourth-order valence-corrected chi connectivity index (χ4v) is 7.94. The van der Waals surface area contributed by atoms with Crippen molar-refractivity contribution in [1.82, 2.24) is 10.6 Å². The van der Waals surface area contributed by atoms with Gasteiger partial charge in [-0.15, -0.1) is 0 Å². The van der Waals surface area contributed by atoms with Gasteiger partial charge in [-0.3, -0.25) is 0 Å². The zero-order valence-corrected chi connectivity index (χ0v) is 42.2. The van der Waals surface area contributed by atoms with Crippen LogP contribution < -0.4 is 20.1 Å². The van der Waals surface area contributed by atoms with Crippen LogP contribution in [-0.2, 0) is 67.8 Å². The standard InChI is InChI=1S/C57H63FN2O10Si/c1-57(2,3)70-56(64)60-50(54(62)68-38-42-23-15-9-16-24-42)35-47-32-45(33-48(58)52(47)67-37-41-21-13-8-14-22-41)44-27-28-51(66-36-40-19-11-7-12-20-40)46(31-44)34-49(53(61)65-29-30-71(4,5)6)59-55(63)69-39-43-25-17-10-18-26-43/h7-28,31-33,49-50H,29-30,34-39H2,1-6H3,(H,59,63)(H,60,64)/t49-,50-/m0/s1. The predicted molar refractivity (Wildman–Crippen MR) is 273 cm³/mol. The van der Waals surface area contributed by atoms with Crippen molar-refractivity contribution in [3.63, 3.8) is 0 Å². The lowest BCUT2D eigenvalue weighted by Gasteiger charge is -2.24. The molecule has 0 unspecified atom stereocenters. The zero-order chi connectivity index (χ0) is 50.8. The molecule has 14 heteroatoms. The molecular weight excluding hydrogens is 920 g/mol. The van der Waals surface area contributed by atoms with Gasteiger partial charge in [0.15, 0.2) is 11.6 Å². The van der Waals surface area contributed by atoms with Gasteiger partial charge in [-0.25, -0.2) is 23.6 Å². The highest BCUT2D eigenvalue weighted by Gasteiger charge is 2.30. The van der Waals surface area contributed by atoms with Gasteiger partial charge in [0.2, 0.25) is 0 Å². The minimum Gasteiger partial charge on any atom is -0.489 e. The SMILES string of the molecule is CC(C)(C)OC(=O)N[C@@H](Cc1cc(-c2ccc(OCc3ccccc3)c(C[C@H](NC(=O)OCc3ccccc3)C(=O)OCC[Si](C)(C)C)c2)cc(F)c1OCc1ccccc1)C(=O)OCc1ccccc1. The van der Waals surface area contributed by atoms with Crippen molar-refractivity contribution in [3.8, 4) is 22.6 Å². The smallest absolute Gasteiger partial charge is 0.408 e. The number of nitrogens with one attached hydrogen (secondary N) is 2. The summed E-state index contributed by atoms with van der Waals surface area (Å²) in [6.07, 6.45) is -2.04. The Kier molecular flexibility index (Phi) is 18.9. The first kappa shape index (κ1) is 52.9. The molecule has 0 aromatic heterocycles. The highest BCUT2D eigenvalue weighted by Crippen LogP contribution is 2.35. The maximum absolute atomic E-state index is 16.9. The number of ether oxygens (including phenoxy) is 6. The van der Waals surface area contributed by atoms with Crippen LogP contribution in [0.15, 0.2) is 152 Å². The van der Waals surface area contributed by atoms with Crippen LogP contribution in [0.25, 0.3) is 11.1 Å². The van der Waals surface area contributed by atoms with E-state index in [1.54, 1.807) is 57.2 Å². The lowest BCUT2D eigenvalue weighted by Crippen LogP contribution is -2.45. The van der Waals surface area contributed by atoms with Crippen molar-refractivity contribution in [2.75, 3.05) is 6.61 Å². The van der Waals surface area contributed by atoms with Gasteiger partial charge in [0, 0.05) is 26.5 Å². The van der Waals surface area contributed by atoms with Crippen LogP contribution in [0.5, 0.6) is 11.5 Å². The Morgan fingerprint density at radius 2 is 1.00 bits per heavy atom. The summed E-state index contributed by atoms with van der Waals surface area (Å²) >= 11 is 0. The molecule has 12 nitrogen and oxygen atoms in total. The molecule has 6 aromatic carbocycles. The second-order valence-corrected chi connectivity index (χ2v) is 24.9. The van der Waals surface area contributed by atoms with E-state index in [-0.39, 0.29) is 57.2 Å². The number of halogens is 1. The van der Waals surface area contributed by atoms with Gasteiger partial charge >= 0.3 is 24.1 Å². The summed E-state index contributed by atoms with van der Waals surface area (Å²) in [5.41, 5.74) is 3.87. The van der Waals surface area contributed by atoms with Crippen molar-refractivity contribution in [2.45, 2.75) is 103 Å². The normalized spacial score (nSPS) is 12.2. The summed E-state index contributed by atoms with van der Waals surface area (Å²) in [4.78, 5) is 54.6. The molecule has 0 aliphatic rings. The Balaban J connectivity index is 1.39. The molecule has 0 aliphatic heterocycles. The largest absolute Gasteiger partial charge is 0.489 e. The van der Waals surface area contributed by atoms with E-state index in [0.29, 0.717) is 28.5 Å². The average Bonchev–Trinajstić information content (AvgIpc) is 3.34. The minimum atomic E-state index is -1.60. The predicted octanol–water partition coefficient (Wildman–Crippen LogP) is 11.5. The van der Waals surface area contributed by atoms with Crippen LogP contribution in [0.1, 0.15) is 54.2 Å². The van der Waals surface area contributed by atoms with Crippen LogP contribution in [-0.4, -0.2) is 56.5 Å². The first-order valence-electron chi connectivity index (χ1n) is 23.6. The Labute approximate surface area is 416 Å². The molecule has 2 amide bonds. The van der Waals surface area contributed by atoms with Gasteiger partial charge in [-0.1, -0.05) is 147 Å². The summed E-state index contributed by atoms with van der Waals surface area (Å²) < 4.78 is 52.0. The van der Waals surface area contributed by atoms with E-state index in [4.69, 9.17) is 28.4 Å². The monoisotopic (exact) mass is 982 g/mol. The van der Waals surface area contributed by atoms with Gasteiger partial charge < -0.3 is 39.1 Å². The van der Waals surface area contributed by atoms with Crippen molar-refractivity contribution in [3.05, 3.63) is 191 Å². The molecule has 0 fully saturated rings. The van der Waals surface area contributed by atoms with Gasteiger partial charge in [0.05, 0.1) is 6.61 Å². The first-order valence-corrected chi connectivity index (χ1v) is 27.3. The second-order valence-electron chi connectivity index (χ2n) is 19.3. The van der Waals surface area contributed by atoms with Crippen molar-refractivity contribution in [1.29, 1.82) is 0 Å². The van der Waals surface area contributed by atoms with Gasteiger partial charge in [-0.2, -0.15) is 0 Å². The molecule has 0 radical (unpaired) electrons. The molecule has 0 bridgehead atoms. The molecular formula is C57H63FN2O10Si. The highest BCUT2D eigenvalue weighted by molar-refractivity contribution is 6.76. The van der Waals surface area contributed by atoms with Gasteiger partial charge in [-0.05, 0) is 90.0 Å². The Bertz CT molecular complexity index is 2680. The summed E-state index contributed by atoms with van der Waals surface area (Å²) in [6, 6.07) is 43.4. The topological polar surface area (TPSA) is 148 Å². The molecule has 0 saturated heterocycles. The van der Waals surface area contributed by atoms with Crippen LogP contribution >= 0.6 is 0 Å². The summed E-state index contributed by atoms with van der Waals surface area (Å²) in [7, 11) is -1.60. The van der Waals surface area contributed by atoms with E-state index in [9.17, 15) is 19.2 Å². The summed E-state index contributed by atoms with van der Waals surface area (Å²) in [5.74, 6) is -1.90. The molecule has 6 aromatic rings. The fraction of sp³-hybridized carbons (Fsp3) is 0.298. The van der Waals surface area contributed by atoms with Crippen molar-refractivity contribution in [2.24, 2.45) is 0 Å².